The van der Waals surface area contributed by atoms with Crippen LogP contribution in [-0.2, 0) is 9.47 Å². The van der Waals surface area contributed by atoms with Crippen molar-refractivity contribution in [3.63, 3.8) is 0 Å². The van der Waals surface area contributed by atoms with Gasteiger partial charge < -0.3 is 20.5 Å². The van der Waals surface area contributed by atoms with E-state index < -0.39 is 0 Å². The van der Waals surface area contributed by atoms with Crippen LogP contribution in [0, 0.1) is 5.41 Å². The average Bonchev–Trinajstić information content (AvgIpc) is 2.95. The number of nitrogens with one attached hydrogen (secondary N) is 1. The molecule has 0 aromatic carbocycles. The van der Waals surface area contributed by atoms with Crippen LogP contribution in [0.5, 0.6) is 0 Å². The zero-order valence-electron chi connectivity index (χ0n) is 10.6. The van der Waals surface area contributed by atoms with Gasteiger partial charge in [0.15, 0.2) is 5.96 Å². The molecule has 2 aliphatic rings. The first-order chi connectivity index (χ1) is 8.18. The summed E-state index contributed by atoms with van der Waals surface area (Å²) in [6.07, 6.45) is 3.63. The lowest BCUT2D eigenvalue weighted by atomic mass is 9.90. The van der Waals surface area contributed by atoms with Gasteiger partial charge in [-0.2, -0.15) is 0 Å². The fourth-order valence-corrected chi connectivity index (χ4v) is 2.19. The lowest BCUT2D eigenvalue weighted by Gasteiger charge is -2.19. The van der Waals surface area contributed by atoms with Gasteiger partial charge in [0.1, 0.15) is 0 Å². The molecule has 2 unspecified atom stereocenters. The van der Waals surface area contributed by atoms with Crippen molar-refractivity contribution in [2.45, 2.75) is 32.3 Å². The SMILES string of the molecule is CC1(CN=C(N)NCC2CCCO2)CCOC1. The molecule has 2 aliphatic heterocycles. The maximum absolute atomic E-state index is 5.83. The number of nitrogens with zero attached hydrogens (tertiary/aromatic N) is 1. The summed E-state index contributed by atoms with van der Waals surface area (Å²) in [5.41, 5.74) is 5.99. The number of hydrogen-bond donors (Lipinski definition) is 2. The van der Waals surface area contributed by atoms with Crippen molar-refractivity contribution in [3.8, 4) is 0 Å². The molecule has 0 radical (unpaired) electrons. The molecular weight excluding hydrogens is 218 g/mol. The first-order valence-corrected chi connectivity index (χ1v) is 6.41. The Morgan fingerprint density at radius 2 is 2.41 bits per heavy atom. The quantitative estimate of drug-likeness (QED) is 0.555. The third kappa shape index (κ3) is 3.85. The van der Waals surface area contributed by atoms with Crippen molar-refractivity contribution >= 4 is 5.96 Å². The average molecular weight is 241 g/mol. The molecule has 2 heterocycles. The Kier molecular flexibility index (Phi) is 4.23. The molecule has 0 aromatic rings. The fourth-order valence-electron chi connectivity index (χ4n) is 2.19. The molecule has 2 rings (SSSR count). The van der Waals surface area contributed by atoms with Crippen LogP contribution in [0.15, 0.2) is 4.99 Å². The Balaban J connectivity index is 1.69. The highest BCUT2D eigenvalue weighted by Gasteiger charge is 2.29. The molecule has 0 bridgehead atoms. The van der Waals surface area contributed by atoms with Crippen LogP contribution in [0.1, 0.15) is 26.2 Å². The second kappa shape index (κ2) is 5.69. The molecule has 0 aromatic heterocycles. The van der Waals surface area contributed by atoms with Gasteiger partial charge in [0.25, 0.3) is 0 Å². The van der Waals surface area contributed by atoms with E-state index >= 15 is 0 Å². The zero-order chi connectivity index (χ0) is 12.1. The van der Waals surface area contributed by atoms with Gasteiger partial charge >= 0.3 is 0 Å². The van der Waals surface area contributed by atoms with E-state index in [1.165, 1.54) is 0 Å². The molecule has 5 nitrogen and oxygen atoms in total. The van der Waals surface area contributed by atoms with E-state index in [0.29, 0.717) is 12.1 Å². The van der Waals surface area contributed by atoms with Gasteiger partial charge in [-0.3, -0.25) is 4.99 Å². The molecule has 5 heteroatoms. The summed E-state index contributed by atoms with van der Waals surface area (Å²) < 4.78 is 10.9. The number of nitrogens with two attached hydrogens (primary N) is 1. The number of guanidine groups is 1. The van der Waals surface area contributed by atoms with Crippen LogP contribution in [-0.4, -0.2) is 45.0 Å². The van der Waals surface area contributed by atoms with E-state index in [4.69, 9.17) is 15.2 Å². The van der Waals surface area contributed by atoms with Gasteiger partial charge in [-0.1, -0.05) is 6.92 Å². The molecule has 2 saturated heterocycles. The summed E-state index contributed by atoms with van der Waals surface area (Å²) in [5, 5.41) is 3.13. The van der Waals surface area contributed by atoms with Crippen molar-refractivity contribution in [1.29, 1.82) is 0 Å². The van der Waals surface area contributed by atoms with Crippen molar-refractivity contribution in [2.24, 2.45) is 16.1 Å². The minimum Gasteiger partial charge on any atom is -0.381 e. The molecule has 0 amide bonds. The maximum Gasteiger partial charge on any atom is 0.188 e. The van der Waals surface area contributed by atoms with Crippen molar-refractivity contribution in [2.75, 3.05) is 32.9 Å². The van der Waals surface area contributed by atoms with E-state index in [0.717, 1.165) is 52.2 Å². The number of rotatable bonds is 4. The third-order valence-corrected chi connectivity index (χ3v) is 3.47. The highest BCUT2D eigenvalue weighted by atomic mass is 16.5. The standard InChI is InChI=1S/C12H23N3O2/c1-12(4-6-16-9-12)8-15-11(13)14-7-10-3-2-5-17-10/h10H,2-9H2,1H3,(H3,13,14,15). The Morgan fingerprint density at radius 3 is 3.06 bits per heavy atom. The minimum absolute atomic E-state index is 0.163. The lowest BCUT2D eigenvalue weighted by molar-refractivity contribution is 0.114. The smallest absolute Gasteiger partial charge is 0.188 e. The van der Waals surface area contributed by atoms with Gasteiger partial charge in [0, 0.05) is 25.2 Å². The Labute approximate surface area is 103 Å². The molecule has 17 heavy (non-hydrogen) atoms. The summed E-state index contributed by atoms with van der Waals surface area (Å²) in [7, 11) is 0. The molecule has 3 N–H and O–H groups in total. The first kappa shape index (κ1) is 12.6. The summed E-state index contributed by atoms with van der Waals surface area (Å²) >= 11 is 0. The van der Waals surface area contributed by atoms with Gasteiger partial charge in [-0.25, -0.2) is 0 Å². The van der Waals surface area contributed by atoms with Gasteiger partial charge in [0.2, 0.25) is 0 Å². The number of hydrogen-bond acceptors (Lipinski definition) is 3. The molecule has 2 atom stereocenters. The van der Waals surface area contributed by atoms with E-state index in [1.807, 2.05) is 0 Å². The van der Waals surface area contributed by atoms with Gasteiger partial charge in [0.05, 0.1) is 19.3 Å². The van der Waals surface area contributed by atoms with Gasteiger partial charge in [-0.15, -0.1) is 0 Å². The predicted molar refractivity (Wildman–Crippen MR) is 67.0 cm³/mol. The van der Waals surface area contributed by atoms with Crippen LogP contribution in [0.3, 0.4) is 0 Å². The summed E-state index contributed by atoms with van der Waals surface area (Å²) in [6.45, 7) is 6.19. The second-order valence-corrected chi connectivity index (χ2v) is 5.33. The summed E-state index contributed by atoms with van der Waals surface area (Å²) in [4.78, 5) is 4.39. The molecule has 0 saturated carbocycles. The normalized spacial score (nSPS) is 34.2. The fraction of sp³-hybridized carbons (Fsp3) is 0.917. The van der Waals surface area contributed by atoms with Crippen LogP contribution in [0.2, 0.25) is 0 Å². The topological polar surface area (TPSA) is 68.9 Å². The largest absolute Gasteiger partial charge is 0.381 e. The Morgan fingerprint density at radius 1 is 1.53 bits per heavy atom. The Bertz CT molecular complexity index is 269. The molecule has 0 aliphatic carbocycles. The highest BCUT2D eigenvalue weighted by molar-refractivity contribution is 5.77. The van der Waals surface area contributed by atoms with Crippen molar-refractivity contribution < 1.29 is 9.47 Å². The Hall–Kier alpha value is -0.810. The van der Waals surface area contributed by atoms with E-state index in [1.54, 1.807) is 0 Å². The van der Waals surface area contributed by atoms with Crippen molar-refractivity contribution in [3.05, 3.63) is 0 Å². The summed E-state index contributed by atoms with van der Waals surface area (Å²) in [6, 6.07) is 0. The van der Waals surface area contributed by atoms with Crippen LogP contribution in [0.4, 0.5) is 0 Å². The predicted octanol–water partition coefficient (Wildman–Crippen LogP) is 0.496. The van der Waals surface area contributed by atoms with E-state index in [-0.39, 0.29) is 5.41 Å². The highest BCUT2D eigenvalue weighted by Crippen LogP contribution is 2.27. The van der Waals surface area contributed by atoms with Crippen molar-refractivity contribution in [1.82, 2.24) is 5.32 Å². The third-order valence-electron chi connectivity index (χ3n) is 3.47. The molecule has 0 spiro atoms. The minimum atomic E-state index is 0.163. The molecule has 2 fully saturated rings. The number of ether oxygens (including phenoxy) is 2. The monoisotopic (exact) mass is 241 g/mol. The van der Waals surface area contributed by atoms with Gasteiger partial charge in [-0.05, 0) is 19.3 Å². The number of aliphatic imine (C=N–C) groups is 1. The first-order valence-electron chi connectivity index (χ1n) is 6.41. The van der Waals surface area contributed by atoms with Crippen LogP contribution >= 0.6 is 0 Å². The van der Waals surface area contributed by atoms with Crippen LogP contribution < -0.4 is 11.1 Å². The zero-order valence-corrected chi connectivity index (χ0v) is 10.6. The van der Waals surface area contributed by atoms with E-state index in [9.17, 15) is 0 Å². The van der Waals surface area contributed by atoms with Crippen LogP contribution in [0.25, 0.3) is 0 Å². The maximum atomic E-state index is 5.83. The molecule has 98 valence electrons. The lowest BCUT2D eigenvalue weighted by Crippen LogP contribution is -2.38. The summed E-state index contributed by atoms with van der Waals surface area (Å²) in [5.74, 6) is 0.522. The van der Waals surface area contributed by atoms with E-state index in [2.05, 4.69) is 17.2 Å². The molecular formula is C12H23N3O2. The second-order valence-electron chi connectivity index (χ2n) is 5.33.